The van der Waals surface area contributed by atoms with Gasteiger partial charge in [-0.1, -0.05) is 0 Å². The Morgan fingerprint density at radius 1 is 1.32 bits per heavy atom. The van der Waals surface area contributed by atoms with Gasteiger partial charge in [-0.3, -0.25) is 4.79 Å². The van der Waals surface area contributed by atoms with Crippen LogP contribution in [0.3, 0.4) is 0 Å². The number of carboxylic acids is 1. The summed E-state index contributed by atoms with van der Waals surface area (Å²) in [7, 11) is 0. The van der Waals surface area contributed by atoms with Crippen molar-refractivity contribution in [2.24, 2.45) is 0 Å². The molecule has 1 aromatic rings. The largest absolute Gasteiger partial charge is 0.490 e. The SMILES string of the molecule is CCOc1cc2c(cc1OCC)[C@H](C(=O)O)NCC2. The minimum atomic E-state index is -0.868. The fourth-order valence-corrected chi connectivity index (χ4v) is 2.32. The van der Waals surface area contributed by atoms with Gasteiger partial charge in [-0.05, 0) is 43.5 Å². The first-order valence-electron chi connectivity index (χ1n) is 6.56. The first-order valence-corrected chi connectivity index (χ1v) is 6.56. The van der Waals surface area contributed by atoms with Crippen LogP contribution < -0.4 is 14.8 Å². The van der Waals surface area contributed by atoms with Crippen molar-refractivity contribution in [2.75, 3.05) is 19.8 Å². The third kappa shape index (κ3) is 2.81. The Labute approximate surface area is 112 Å². The molecular formula is C14H19NO4. The molecule has 1 aliphatic rings. The second-order valence-electron chi connectivity index (χ2n) is 4.34. The molecule has 0 aliphatic carbocycles. The summed E-state index contributed by atoms with van der Waals surface area (Å²) >= 11 is 0. The van der Waals surface area contributed by atoms with E-state index in [4.69, 9.17) is 9.47 Å². The molecule has 19 heavy (non-hydrogen) atoms. The van der Waals surface area contributed by atoms with Crippen molar-refractivity contribution >= 4 is 5.97 Å². The van der Waals surface area contributed by atoms with Crippen molar-refractivity contribution in [1.29, 1.82) is 0 Å². The van der Waals surface area contributed by atoms with Crippen molar-refractivity contribution in [3.8, 4) is 11.5 Å². The second-order valence-corrected chi connectivity index (χ2v) is 4.34. The molecule has 0 saturated heterocycles. The Hall–Kier alpha value is -1.75. The van der Waals surface area contributed by atoms with E-state index in [0.717, 1.165) is 17.5 Å². The summed E-state index contributed by atoms with van der Waals surface area (Å²) in [5.74, 6) is 0.430. The molecule has 1 aliphatic heterocycles. The van der Waals surface area contributed by atoms with Crippen molar-refractivity contribution in [1.82, 2.24) is 5.32 Å². The van der Waals surface area contributed by atoms with Gasteiger partial charge in [0, 0.05) is 6.54 Å². The molecule has 5 heteroatoms. The van der Waals surface area contributed by atoms with E-state index in [0.29, 0.717) is 31.3 Å². The summed E-state index contributed by atoms with van der Waals surface area (Å²) in [4.78, 5) is 11.3. The molecule has 0 unspecified atom stereocenters. The van der Waals surface area contributed by atoms with E-state index in [1.54, 1.807) is 6.07 Å². The van der Waals surface area contributed by atoms with Crippen LogP contribution in [-0.2, 0) is 11.2 Å². The highest BCUT2D eigenvalue weighted by molar-refractivity contribution is 5.77. The number of benzene rings is 1. The molecule has 0 amide bonds. The van der Waals surface area contributed by atoms with Gasteiger partial charge in [0.25, 0.3) is 0 Å². The van der Waals surface area contributed by atoms with Gasteiger partial charge >= 0.3 is 5.97 Å². The van der Waals surface area contributed by atoms with Crippen molar-refractivity contribution in [3.05, 3.63) is 23.3 Å². The lowest BCUT2D eigenvalue weighted by Crippen LogP contribution is -2.35. The zero-order chi connectivity index (χ0) is 13.8. The zero-order valence-corrected chi connectivity index (χ0v) is 11.2. The average Bonchev–Trinajstić information content (AvgIpc) is 2.39. The highest BCUT2D eigenvalue weighted by Crippen LogP contribution is 2.35. The van der Waals surface area contributed by atoms with Gasteiger partial charge in [0.05, 0.1) is 13.2 Å². The Morgan fingerprint density at radius 3 is 2.53 bits per heavy atom. The maximum atomic E-state index is 11.3. The zero-order valence-electron chi connectivity index (χ0n) is 11.2. The van der Waals surface area contributed by atoms with E-state index in [2.05, 4.69) is 5.32 Å². The van der Waals surface area contributed by atoms with Crippen LogP contribution in [0.1, 0.15) is 31.0 Å². The van der Waals surface area contributed by atoms with Crippen LogP contribution in [0.5, 0.6) is 11.5 Å². The number of ether oxygens (including phenoxy) is 2. The summed E-state index contributed by atoms with van der Waals surface area (Å²) in [6.07, 6.45) is 0.797. The summed E-state index contributed by atoms with van der Waals surface area (Å²) in [5.41, 5.74) is 1.78. The molecule has 0 aromatic heterocycles. The maximum Gasteiger partial charge on any atom is 0.325 e. The fourth-order valence-electron chi connectivity index (χ4n) is 2.32. The first kappa shape index (κ1) is 13.7. The Morgan fingerprint density at radius 2 is 1.95 bits per heavy atom. The second kappa shape index (κ2) is 5.93. The Balaban J connectivity index is 2.44. The van der Waals surface area contributed by atoms with Gasteiger partial charge < -0.3 is 19.9 Å². The number of nitrogens with one attached hydrogen (secondary N) is 1. The molecule has 2 rings (SSSR count). The number of fused-ring (bicyclic) bond motifs is 1. The number of carbonyl (C=O) groups is 1. The smallest absolute Gasteiger partial charge is 0.325 e. The molecular weight excluding hydrogens is 246 g/mol. The van der Waals surface area contributed by atoms with Crippen molar-refractivity contribution < 1.29 is 19.4 Å². The van der Waals surface area contributed by atoms with Crippen LogP contribution in [0.25, 0.3) is 0 Å². The predicted molar refractivity (Wildman–Crippen MR) is 70.9 cm³/mol. The fraction of sp³-hybridized carbons (Fsp3) is 0.500. The summed E-state index contributed by atoms with van der Waals surface area (Å²) < 4.78 is 11.1. The molecule has 1 aromatic carbocycles. The van der Waals surface area contributed by atoms with E-state index in [1.807, 2.05) is 19.9 Å². The third-order valence-electron chi connectivity index (χ3n) is 3.11. The van der Waals surface area contributed by atoms with Crippen molar-refractivity contribution in [3.63, 3.8) is 0 Å². The monoisotopic (exact) mass is 265 g/mol. The van der Waals surface area contributed by atoms with Crippen LogP contribution in [0, 0.1) is 0 Å². The molecule has 0 fully saturated rings. The highest BCUT2D eigenvalue weighted by Gasteiger charge is 2.27. The quantitative estimate of drug-likeness (QED) is 0.849. The van der Waals surface area contributed by atoms with Crippen LogP contribution in [0.2, 0.25) is 0 Å². The Bertz CT molecular complexity index is 473. The number of hydrogen-bond donors (Lipinski definition) is 2. The van der Waals surface area contributed by atoms with E-state index < -0.39 is 12.0 Å². The molecule has 1 heterocycles. The molecule has 0 bridgehead atoms. The number of rotatable bonds is 5. The summed E-state index contributed by atoms with van der Waals surface area (Å²) in [5, 5.41) is 12.2. The predicted octanol–water partition coefficient (Wildman–Crippen LogP) is 1.76. The van der Waals surface area contributed by atoms with Crippen LogP contribution in [0.15, 0.2) is 12.1 Å². The van der Waals surface area contributed by atoms with Crippen LogP contribution in [-0.4, -0.2) is 30.8 Å². The lowest BCUT2D eigenvalue weighted by Gasteiger charge is -2.25. The van der Waals surface area contributed by atoms with E-state index in [1.165, 1.54) is 0 Å². The highest BCUT2D eigenvalue weighted by atomic mass is 16.5. The van der Waals surface area contributed by atoms with E-state index in [9.17, 15) is 9.90 Å². The van der Waals surface area contributed by atoms with Gasteiger partial charge in [0.2, 0.25) is 0 Å². The van der Waals surface area contributed by atoms with Crippen molar-refractivity contribution in [2.45, 2.75) is 26.3 Å². The molecule has 104 valence electrons. The topological polar surface area (TPSA) is 67.8 Å². The van der Waals surface area contributed by atoms with Crippen LogP contribution in [0.4, 0.5) is 0 Å². The molecule has 1 atom stereocenters. The van der Waals surface area contributed by atoms with E-state index >= 15 is 0 Å². The van der Waals surface area contributed by atoms with Gasteiger partial charge in [0.15, 0.2) is 11.5 Å². The summed E-state index contributed by atoms with van der Waals surface area (Å²) in [6, 6.07) is 3.02. The van der Waals surface area contributed by atoms with E-state index in [-0.39, 0.29) is 0 Å². The van der Waals surface area contributed by atoms with Gasteiger partial charge in [-0.15, -0.1) is 0 Å². The molecule has 2 N–H and O–H groups in total. The normalized spacial score (nSPS) is 17.7. The van der Waals surface area contributed by atoms with Gasteiger partial charge in [0.1, 0.15) is 6.04 Å². The van der Waals surface area contributed by atoms with Gasteiger partial charge in [-0.2, -0.15) is 0 Å². The number of hydrogen-bond acceptors (Lipinski definition) is 4. The lowest BCUT2D eigenvalue weighted by atomic mass is 9.93. The number of aliphatic carboxylic acids is 1. The average molecular weight is 265 g/mol. The molecule has 0 radical (unpaired) electrons. The van der Waals surface area contributed by atoms with Crippen LogP contribution >= 0.6 is 0 Å². The summed E-state index contributed by atoms with van der Waals surface area (Å²) in [6.45, 7) is 5.53. The molecule has 0 saturated carbocycles. The first-order chi connectivity index (χ1) is 9.17. The van der Waals surface area contributed by atoms with Gasteiger partial charge in [-0.25, -0.2) is 0 Å². The standard InChI is InChI=1S/C14H19NO4/c1-3-18-11-7-9-5-6-15-13(14(16)17)10(9)8-12(11)19-4-2/h7-8,13,15H,3-6H2,1-2H3,(H,16,17)/t13-/m1/s1. The third-order valence-corrected chi connectivity index (χ3v) is 3.11. The maximum absolute atomic E-state index is 11.3. The minimum absolute atomic E-state index is 0.518. The lowest BCUT2D eigenvalue weighted by molar-refractivity contribution is -0.139. The number of carboxylic acid groups (broad SMARTS) is 1. The molecule has 5 nitrogen and oxygen atoms in total. The Kier molecular flexibility index (Phi) is 4.27. The molecule has 0 spiro atoms. The minimum Gasteiger partial charge on any atom is -0.490 e.